The van der Waals surface area contributed by atoms with Gasteiger partial charge in [0, 0.05) is 12.2 Å². The van der Waals surface area contributed by atoms with Crippen LogP contribution in [0.1, 0.15) is 49.3 Å². The second-order valence-electron chi connectivity index (χ2n) is 4.76. The number of aryl methyl sites for hydroxylation is 2. The monoisotopic (exact) mass is 221 g/mol. The minimum absolute atomic E-state index is 0.820. The molecule has 0 aliphatic heterocycles. The van der Waals surface area contributed by atoms with Gasteiger partial charge in [0.15, 0.2) is 0 Å². The maximum atomic E-state index is 5.51. The number of hydrogen-bond donors (Lipinski definition) is 1. The standard InChI is InChI=1S/C13H23N3/c1-11-15-12-7-3-4-8-13(12)16(11)10-6-2-5-9-14/h2-10,14H2,1H3. The van der Waals surface area contributed by atoms with Crippen molar-refractivity contribution < 1.29 is 0 Å². The highest BCUT2D eigenvalue weighted by atomic mass is 15.1. The lowest BCUT2D eigenvalue weighted by molar-refractivity contribution is 0.548. The van der Waals surface area contributed by atoms with E-state index in [0.717, 1.165) is 19.5 Å². The second kappa shape index (κ2) is 5.48. The fraction of sp³-hybridized carbons (Fsp3) is 0.769. The molecule has 0 saturated carbocycles. The van der Waals surface area contributed by atoms with Gasteiger partial charge in [-0.2, -0.15) is 0 Å². The van der Waals surface area contributed by atoms with Gasteiger partial charge in [-0.05, 0) is 52.0 Å². The zero-order valence-corrected chi connectivity index (χ0v) is 10.3. The highest BCUT2D eigenvalue weighted by Gasteiger charge is 2.17. The first-order chi connectivity index (χ1) is 7.83. The normalized spacial score (nSPS) is 15.1. The van der Waals surface area contributed by atoms with E-state index in [1.807, 2.05) is 0 Å². The third-order valence-electron chi connectivity index (χ3n) is 3.51. The van der Waals surface area contributed by atoms with Gasteiger partial charge in [0.2, 0.25) is 0 Å². The van der Waals surface area contributed by atoms with Crippen molar-refractivity contribution in [3.05, 3.63) is 17.2 Å². The lowest BCUT2D eigenvalue weighted by Crippen LogP contribution is -2.10. The van der Waals surface area contributed by atoms with Crippen LogP contribution >= 0.6 is 0 Å². The third-order valence-corrected chi connectivity index (χ3v) is 3.51. The first-order valence-electron chi connectivity index (χ1n) is 6.58. The molecular weight excluding hydrogens is 198 g/mol. The van der Waals surface area contributed by atoms with Gasteiger partial charge >= 0.3 is 0 Å². The molecule has 0 spiro atoms. The summed E-state index contributed by atoms with van der Waals surface area (Å²) < 4.78 is 2.44. The first kappa shape index (κ1) is 11.6. The maximum Gasteiger partial charge on any atom is 0.106 e. The van der Waals surface area contributed by atoms with E-state index < -0.39 is 0 Å². The third kappa shape index (κ3) is 2.46. The number of nitrogens with zero attached hydrogens (tertiary/aromatic N) is 2. The average molecular weight is 221 g/mol. The lowest BCUT2D eigenvalue weighted by atomic mass is 10.0. The Morgan fingerprint density at radius 1 is 1.19 bits per heavy atom. The van der Waals surface area contributed by atoms with Crippen molar-refractivity contribution in [2.24, 2.45) is 5.73 Å². The van der Waals surface area contributed by atoms with Crippen LogP contribution in [0.15, 0.2) is 0 Å². The van der Waals surface area contributed by atoms with Crippen molar-refractivity contribution in [1.29, 1.82) is 0 Å². The minimum atomic E-state index is 0.820. The van der Waals surface area contributed by atoms with Crippen LogP contribution in [-0.4, -0.2) is 16.1 Å². The Labute approximate surface area is 98.1 Å². The first-order valence-corrected chi connectivity index (χ1v) is 6.58. The van der Waals surface area contributed by atoms with Crippen LogP contribution in [-0.2, 0) is 19.4 Å². The van der Waals surface area contributed by atoms with Gasteiger partial charge in [0.05, 0.1) is 5.69 Å². The van der Waals surface area contributed by atoms with Crippen LogP contribution in [0.4, 0.5) is 0 Å². The molecule has 1 aromatic heterocycles. The smallest absolute Gasteiger partial charge is 0.106 e. The zero-order chi connectivity index (χ0) is 11.4. The molecule has 0 fully saturated rings. The second-order valence-corrected chi connectivity index (χ2v) is 4.76. The highest BCUT2D eigenvalue weighted by Crippen LogP contribution is 2.22. The van der Waals surface area contributed by atoms with E-state index in [1.54, 1.807) is 0 Å². The molecule has 1 heterocycles. The van der Waals surface area contributed by atoms with Gasteiger partial charge in [-0.3, -0.25) is 0 Å². The molecular formula is C13H23N3. The van der Waals surface area contributed by atoms with Crippen molar-refractivity contribution >= 4 is 0 Å². The fourth-order valence-corrected chi connectivity index (χ4v) is 2.62. The number of unbranched alkanes of at least 4 members (excludes halogenated alkanes) is 2. The van der Waals surface area contributed by atoms with Crippen LogP contribution < -0.4 is 5.73 Å². The van der Waals surface area contributed by atoms with Crippen LogP contribution in [0.25, 0.3) is 0 Å². The van der Waals surface area contributed by atoms with Gasteiger partial charge in [0.25, 0.3) is 0 Å². The largest absolute Gasteiger partial charge is 0.332 e. The number of nitrogens with two attached hydrogens (primary N) is 1. The molecule has 1 aliphatic rings. The van der Waals surface area contributed by atoms with E-state index in [2.05, 4.69) is 16.5 Å². The van der Waals surface area contributed by atoms with Crippen LogP contribution in [0, 0.1) is 6.92 Å². The Hall–Kier alpha value is -0.830. The molecule has 1 aliphatic carbocycles. The number of imidazole rings is 1. The molecule has 0 radical (unpaired) electrons. The molecule has 2 N–H and O–H groups in total. The van der Waals surface area contributed by atoms with Gasteiger partial charge in [0.1, 0.15) is 5.82 Å². The van der Waals surface area contributed by atoms with Crippen LogP contribution in [0.5, 0.6) is 0 Å². The Balaban J connectivity index is 1.99. The predicted octanol–water partition coefficient (Wildman–Crippen LogP) is 2.20. The van der Waals surface area contributed by atoms with E-state index in [0.29, 0.717) is 0 Å². The quantitative estimate of drug-likeness (QED) is 0.775. The molecule has 3 heteroatoms. The highest BCUT2D eigenvalue weighted by molar-refractivity contribution is 5.19. The van der Waals surface area contributed by atoms with Crippen molar-refractivity contribution in [3.8, 4) is 0 Å². The van der Waals surface area contributed by atoms with E-state index in [9.17, 15) is 0 Å². The summed E-state index contributed by atoms with van der Waals surface area (Å²) in [6.45, 7) is 4.09. The molecule has 0 saturated heterocycles. The Morgan fingerprint density at radius 3 is 2.81 bits per heavy atom. The number of rotatable bonds is 5. The summed E-state index contributed by atoms with van der Waals surface area (Å²) in [5.74, 6) is 1.21. The Kier molecular flexibility index (Phi) is 3.99. The van der Waals surface area contributed by atoms with Crippen molar-refractivity contribution in [3.63, 3.8) is 0 Å². The zero-order valence-electron chi connectivity index (χ0n) is 10.3. The number of fused-ring (bicyclic) bond motifs is 1. The summed E-state index contributed by atoms with van der Waals surface area (Å²) in [6.07, 6.45) is 8.69. The molecule has 0 bridgehead atoms. The summed E-state index contributed by atoms with van der Waals surface area (Å²) in [4.78, 5) is 4.69. The molecule has 0 atom stereocenters. The van der Waals surface area contributed by atoms with Gasteiger partial charge in [-0.1, -0.05) is 6.42 Å². The summed E-state index contributed by atoms with van der Waals surface area (Å²) in [5, 5.41) is 0. The topological polar surface area (TPSA) is 43.8 Å². The number of hydrogen-bond acceptors (Lipinski definition) is 2. The predicted molar refractivity (Wildman–Crippen MR) is 66.5 cm³/mol. The van der Waals surface area contributed by atoms with Crippen LogP contribution in [0.2, 0.25) is 0 Å². The summed E-state index contributed by atoms with van der Waals surface area (Å²) in [6, 6.07) is 0. The van der Waals surface area contributed by atoms with Gasteiger partial charge in [-0.15, -0.1) is 0 Å². The molecule has 2 rings (SSSR count). The fourth-order valence-electron chi connectivity index (χ4n) is 2.62. The molecule has 16 heavy (non-hydrogen) atoms. The van der Waals surface area contributed by atoms with E-state index in [1.165, 1.54) is 55.7 Å². The van der Waals surface area contributed by atoms with Crippen molar-refractivity contribution in [1.82, 2.24) is 9.55 Å². The van der Waals surface area contributed by atoms with E-state index in [-0.39, 0.29) is 0 Å². The van der Waals surface area contributed by atoms with Crippen molar-refractivity contribution in [2.45, 2.75) is 58.4 Å². The summed E-state index contributed by atoms with van der Waals surface area (Å²) >= 11 is 0. The van der Waals surface area contributed by atoms with E-state index >= 15 is 0 Å². The SMILES string of the molecule is Cc1nc2c(n1CCCCCN)CCCC2. The van der Waals surface area contributed by atoms with Crippen LogP contribution in [0.3, 0.4) is 0 Å². The lowest BCUT2D eigenvalue weighted by Gasteiger charge is -2.14. The molecule has 0 amide bonds. The van der Waals surface area contributed by atoms with Gasteiger partial charge in [-0.25, -0.2) is 4.98 Å². The average Bonchev–Trinajstić information content (AvgIpc) is 2.61. The summed E-state index contributed by atoms with van der Waals surface area (Å²) in [7, 11) is 0. The Bertz CT molecular complexity index is 341. The molecule has 1 aromatic rings. The van der Waals surface area contributed by atoms with Crippen molar-refractivity contribution in [2.75, 3.05) is 6.54 Å². The molecule has 0 aromatic carbocycles. The van der Waals surface area contributed by atoms with Gasteiger partial charge < -0.3 is 10.3 Å². The minimum Gasteiger partial charge on any atom is -0.332 e. The summed E-state index contributed by atoms with van der Waals surface area (Å²) in [5.41, 5.74) is 8.38. The maximum absolute atomic E-state index is 5.51. The molecule has 90 valence electrons. The number of aromatic nitrogens is 2. The Morgan fingerprint density at radius 2 is 2.00 bits per heavy atom. The molecule has 0 unspecified atom stereocenters. The van der Waals surface area contributed by atoms with E-state index in [4.69, 9.17) is 5.73 Å². The molecule has 3 nitrogen and oxygen atoms in total.